The molecule has 0 amide bonds. The van der Waals surface area contributed by atoms with Gasteiger partial charge in [-0.3, -0.25) is 0 Å². The van der Waals surface area contributed by atoms with Gasteiger partial charge in [0, 0.05) is 18.8 Å². The number of anilines is 1. The van der Waals surface area contributed by atoms with Crippen molar-refractivity contribution in [3.05, 3.63) is 48.2 Å². The molecule has 0 unspecified atom stereocenters. The Morgan fingerprint density at radius 2 is 1.94 bits per heavy atom. The van der Waals surface area contributed by atoms with E-state index >= 15 is 0 Å². The highest BCUT2D eigenvalue weighted by atomic mass is 19.3. The summed E-state index contributed by atoms with van der Waals surface area (Å²) in [6.07, 6.45) is 2.10. The molecule has 0 aliphatic heterocycles. The normalized spacial score (nSPS) is 10.8. The van der Waals surface area contributed by atoms with Gasteiger partial charge in [-0.15, -0.1) is 0 Å². The minimum absolute atomic E-state index is 0.473. The van der Waals surface area contributed by atoms with Gasteiger partial charge in [0.1, 0.15) is 5.82 Å². The minimum atomic E-state index is -2.58. The molecule has 0 saturated heterocycles. The van der Waals surface area contributed by atoms with Crippen molar-refractivity contribution in [3.8, 4) is 0 Å². The number of hydrogen-bond acceptors (Lipinski definition) is 2. The van der Waals surface area contributed by atoms with Gasteiger partial charge in [0.2, 0.25) is 0 Å². The molecule has 0 aliphatic rings. The van der Waals surface area contributed by atoms with Gasteiger partial charge in [-0.1, -0.05) is 30.3 Å². The van der Waals surface area contributed by atoms with E-state index in [0.717, 1.165) is 6.42 Å². The van der Waals surface area contributed by atoms with Gasteiger partial charge in [-0.25, -0.2) is 4.68 Å². The maximum atomic E-state index is 12.2. The second kappa shape index (κ2) is 5.43. The van der Waals surface area contributed by atoms with Crippen LogP contribution in [0.3, 0.4) is 0 Å². The fourth-order valence-corrected chi connectivity index (χ4v) is 1.52. The average molecular weight is 237 g/mol. The molecular formula is C12H13F2N3. The largest absolute Gasteiger partial charge is 0.368 e. The van der Waals surface area contributed by atoms with Crippen LogP contribution in [0.25, 0.3) is 0 Å². The number of alkyl halides is 2. The summed E-state index contributed by atoms with van der Waals surface area (Å²) < 4.78 is 25.1. The molecule has 5 heteroatoms. The first-order chi connectivity index (χ1) is 8.25. The van der Waals surface area contributed by atoms with E-state index in [-0.39, 0.29) is 0 Å². The monoisotopic (exact) mass is 237 g/mol. The van der Waals surface area contributed by atoms with Crippen LogP contribution in [-0.2, 0) is 6.42 Å². The van der Waals surface area contributed by atoms with E-state index < -0.39 is 6.55 Å². The summed E-state index contributed by atoms with van der Waals surface area (Å²) in [5, 5.41) is 6.70. The standard InChI is InChI=1S/C12H13F2N3/c13-12(14)17-9-7-11(16-17)15-8-6-10-4-2-1-3-5-10/h1-5,7,9,12H,6,8H2,(H,15,16). The number of hydrogen-bond donors (Lipinski definition) is 1. The Morgan fingerprint density at radius 1 is 1.18 bits per heavy atom. The van der Waals surface area contributed by atoms with Crippen LogP contribution in [0.2, 0.25) is 0 Å². The molecule has 1 N–H and O–H groups in total. The van der Waals surface area contributed by atoms with Gasteiger partial charge in [0.15, 0.2) is 0 Å². The van der Waals surface area contributed by atoms with Crippen LogP contribution in [0.15, 0.2) is 42.6 Å². The first-order valence-corrected chi connectivity index (χ1v) is 5.37. The number of rotatable bonds is 5. The summed E-state index contributed by atoms with van der Waals surface area (Å²) in [5.74, 6) is 0.473. The third kappa shape index (κ3) is 3.27. The Morgan fingerprint density at radius 3 is 2.59 bits per heavy atom. The third-order valence-corrected chi connectivity index (χ3v) is 2.37. The molecule has 1 aromatic heterocycles. The lowest BCUT2D eigenvalue weighted by atomic mass is 10.1. The number of halogens is 2. The molecule has 17 heavy (non-hydrogen) atoms. The quantitative estimate of drug-likeness (QED) is 0.866. The fourth-order valence-electron chi connectivity index (χ4n) is 1.52. The Labute approximate surface area is 98.1 Å². The molecule has 0 saturated carbocycles. The summed E-state index contributed by atoms with van der Waals surface area (Å²) in [7, 11) is 0. The van der Waals surface area contributed by atoms with Crippen molar-refractivity contribution in [2.75, 3.05) is 11.9 Å². The Hall–Kier alpha value is -1.91. The molecule has 0 spiro atoms. The lowest BCUT2D eigenvalue weighted by Gasteiger charge is -2.03. The first kappa shape index (κ1) is 11.6. The van der Waals surface area contributed by atoms with Crippen molar-refractivity contribution < 1.29 is 8.78 Å². The molecule has 1 heterocycles. The Bertz CT molecular complexity index is 454. The van der Waals surface area contributed by atoms with Crippen molar-refractivity contribution >= 4 is 5.82 Å². The van der Waals surface area contributed by atoms with E-state index in [9.17, 15) is 8.78 Å². The maximum Gasteiger partial charge on any atom is 0.333 e. The summed E-state index contributed by atoms with van der Waals surface area (Å²) in [6, 6.07) is 11.5. The third-order valence-electron chi connectivity index (χ3n) is 2.37. The van der Waals surface area contributed by atoms with Crippen LogP contribution < -0.4 is 5.32 Å². The molecule has 0 fully saturated rings. The van der Waals surface area contributed by atoms with E-state index in [0.29, 0.717) is 17.0 Å². The molecule has 2 rings (SSSR count). The van der Waals surface area contributed by atoms with Crippen LogP contribution in [0.5, 0.6) is 0 Å². The fraction of sp³-hybridized carbons (Fsp3) is 0.250. The van der Waals surface area contributed by atoms with Gasteiger partial charge in [-0.2, -0.15) is 13.9 Å². The molecule has 0 bridgehead atoms. The van der Waals surface area contributed by atoms with Gasteiger partial charge >= 0.3 is 6.55 Å². The minimum Gasteiger partial charge on any atom is -0.368 e. The highest BCUT2D eigenvalue weighted by Crippen LogP contribution is 2.11. The number of benzene rings is 1. The summed E-state index contributed by atoms with van der Waals surface area (Å²) in [5.41, 5.74) is 1.20. The lowest BCUT2D eigenvalue weighted by Crippen LogP contribution is -2.06. The molecule has 2 aromatic rings. The van der Waals surface area contributed by atoms with Gasteiger partial charge in [0.25, 0.3) is 0 Å². The molecule has 90 valence electrons. The number of nitrogens with zero attached hydrogens (tertiary/aromatic N) is 2. The summed E-state index contributed by atoms with van der Waals surface area (Å²) in [6.45, 7) is -1.91. The van der Waals surface area contributed by atoms with Crippen molar-refractivity contribution in [1.29, 1.82) is 0 Å². The topological polar surface area (TPSA) is 29.9 Å². The molecule has 1 aromatic carbocycles. The van der Waals surface area contributed by atoms with Crippen molar-refractivity contribution in [3.63, 3.8) is 0 Å². The average Bonchev–Trinajstić information content (AvgIpc) is 2.79. The molecule has 0 aliphatic carbocycles. The first-order valence-electron chi connectivity index (χ1n) is 5.37. The van der Waals surface area contributed by atoms with E-state index in [1.165, 1.54) is 17.8 Å². The highest BCUT2D eigenvalue weighted by Gasteiger charge is 2.06. The summed E-state index contributed by atoms with van der Waals surface area (Å²) in [4.78, 5) is 0. The van der Waals surface area contributed by atoms with E-state index in [4.69, 9.17) is 0 Å². The van der Waals surface area contributed by atoms with Crippen LogP contribution in [-0.4, -0.2) is 16.3 Å². The number of aromatic nitrogens is 2. The SMILES string of the molecule is FC(F)n1ccc(NCCc2ccccc2)n1. The lowest BCUT2D eigenvalue weighted by molar-refractivity contribution is 0.0569. The van der Waals surface area contributed by atoms with Gasteiger partial charge in [0.05, 0.1) is 0 Å². The molecule has 3 nitrogen and oxygen atoms in total. The van der Waals surface area contributed by atoms with Crippen molar-refractivity contribution in [2.24, 2.45) is 0 Å². The second-order valence-corrected chi connectivity index (χ2v) is 3.62. The predicted octanol–water partition coefficient (Wildman–Crippen LogP) is 2.93. The smallest absolute Gasteiger partial charge is 0.333 e. The molecular weight excluding hydrogens is 224 g/mol. The van der Waals surface area contributed by atoms with Crippen molar-refractivity contribution in [2.45, 2.75) is 13.0 Å². The van der Waals surface area contributed by atoms with E-state index in [1.807, 2.05) is 30.3 Å². The number of nitrogens with one attached hydrogen (secondary N) is 1. The van der Waals surface area contributed by atoms with E-state index in [1.54, 1.807) is 0 Å². The summed E-state index contributed by atoms with van der Waals surface area (Å²) >= 11 is 0. The van der Waals surface area contributed by atoms with Crippen molar-refractivity contribution in [1.82, 2.24) is 9.78 Å². The van der Waals surface area contributed by atoms with Crippen LogP contribution in [0.1, 0.15) is 12.1 Å². The Balaban J connectivity index is 1.82. The predicted molar refractivity (Wildman–Crippen MR) is 62.1 cm³/mol. The van der Waals surface area contributed by atoms with E-state index in [2.05, 4.69) is 10.4 Å². The highest BCUT2D eigenvalue weighted by molar-refractivity contribution is 5.32. The van der Waals surface area contributed by atoms with Gasteiger partial charge in [-0.05, 0) is 12.0 Å². The van der Waals surface area contributed by atoms with Crippen LogP contribution >= 0.6 is 0 Å². The zero-order valence-corrected chi connectivity index (χ0v) is 9.18. The van der Waals surface area contributed by atoms with Crippen LogP contribution in [0.4, 0.5) is 14.6 Å². The zero-order chi connectivity index (χ0) is 12.1. The van der Waals surface area contributed by atoms with Crippen LogP contribution in [0, 0.1) is 0 Å². The maximum absolute atomic E-state index is 12.2. The molecule has 0 radical (unpaired) electrons. The second-order valence-electron chi connectivity index (χ2n) is 3.62. The zero-order valence-electron chi connectivity index (χ0n) is 9.18. The van der Waals surface area contributed by atoms with Gasteiger partial charge < -0.3 is 5.32 Å². The molecule has 0 atom stereocenters. The Kier molecular flexibility index (Phi) is 3.69.